The molecule has 70 valence electrons. The normalized spacial score (nSPS) is 8.38. The maximum Gasteiger partial charge on any atom is 0.335 e. The molecule has 0 aliphatic carbocycles. The fraction of sp³-hybridized carbons (Fsp3) is 0.100. The quantitative estimate of drug-likeness (QED) is 0.415. The molecular weight excluding hydrogens is 188 g/mol. The minimum atomic E-state index is -0.427. The Labute approximate surface area is 83.6 Å². The van der Waals surface area contributed by atoms with Crippen LogP contribution in [0.3, 0.4) is 0 Å². The highest BCUT2D eigenvalue weighted by Crippen LogP contribution is 2.15. The molecule has 3 heteroatoms. The second-order valence-corrected chi connectivity index (χ2v) is 2.39. The first-order valence-electron chi connectivity index (χ1n) is 3.64. The predicted octanol–water partition coefficient (Wildman–Crippen LogP) is 2.51. The van der Waals surface area contributed by atoms with Gasteiger partial charge in [0.15, 0.2) is 0 Å². The van der Waals surface area contributed by atoms with Gasteiger partial charge in [-0.05, 0) is 18.6 Å². The third-order valence-electron chi connectivity index (χ3n) is 1.47. The summed E-state index contributed by atoms with van der Waals surface area (Å²) in [4.78, 5) is 10.8. The van der Waals surface area contributed by atoms with Gasteiger partial charge in [0.25, 0.3) is 0 Å². The van der Waals surface area contributed by atoms with E-state index in [1.165, 1.54) is 0 Å². The largest absolute Gasteiger partial charge is 0.423 e. The molecule has 0 aliphatic rings. The van der Waals surface area contributed by atoms with E-state index in [1.54, 1.807) is 6.07 Å². The van der Waals surface area contributed by atoms with Crippen LogP contribution in [0.15, 0.2) is 36.9 Å². The molecular formula is C10H11ClO2. The highest BCUT2D eigenvalue weighted by atomic mass is 35.5. The van der Waals surface area contributed by atoms with Gasteiger partial charge in [-0.3, -0.25) is 0 Å². The summed E-state index contributed by atoms with van der Waals surface area (Å²) in [5.41, 5.74) is 0.938. The van der Waals surface area contributed by atoms with E-state index in [2.05, 4.69) is 6.58 Å². The van der Waals surface area contributed by atoms with Gasteiger partial charge in [0.1, 0.15) is 5.75 Å². The van der Waals surface area contributed by atoms with Crippen molar-refractivity contribution in [3.05, 3.63) is 42.5 Å². The van der Waals surface area contributed by atoms with Crippen molar-refractivity contribution in [2.45, 2.75) is 6.92 Å². The van der Waals surface area contributed by atoms with Crippen LogP contribution < -0.4 is 4.74 Å². The van der Waals surface area contributed by atoms with E-state index in [0.29, 0.717) is 5.75 Å². The number of carbonyl (C=O) groups excluding carboxylic acids is 1. The summed E-state index contributed by atoms with van der Waals surface area (Å²) in [5.74, 6) is 0.159. The van der Waals surface area contributed by atoms with Gasteiger partial charge in [-0.1, -0.05) is 24.8 Å². The Kier molecular flexibility index (Phi) is 4.85. The lowest BCUT2D eigenvalue weighted by Gasteiger charge is -2.03. The van der Waals surface area contributed by atoms with Gasteiger partial charge in [0.05, 0.1) is 0 Å². The van der Waals surface area contributed by atoms with Gasteiger partial charge in [-0.2, -0.15) is 0 Å². The summed E-state index contributed by atoms with van der Waals surface area (Å²) in [6.07, 6.45) is 1.15. The Hall–Kier alpha value is -1.28. The molecule has 0 unspecified atom stereocenters. The lowest BCUT2D eigenvalue weighted by Crippen LogP contribution is -2.03. The van der Waals surface area contributed by atoms with Crippen molar-refractivity contribution in [1.29, 1.82) is 0 Å². The Morgan fingerprint density at radius 3 is 2.62 bits per heavy atom. The zero-order chi connectivity index (χ0) is 8.97. The van der Waals surface area contributed by atoms with Crippen molar-refractivity contribution < 1.29 is 9.53 Å². The molecule has 2 nitrogen and oxygen atoms in total. The number of esters is 1. The molecule has 1 aromatic rings. The SMILES string of the molecule is C=CC(=O)Oc1ccccc1C.Cl. The van der Waals surface area contributed by atoms with E-state index < -0.39 is 5.97 Å². The first kappa shape index (κ1) is 11.7. The topological polar surface area (TPSA) is 26.3 Å². The van der Waals surface area contributed by atoms with Gasteiger partial charge in [-0.15, -0.1) is 12.4 Å². The average molecular weight is 199 g/mol. The number of rotatable bonds is 2. The van der Waals surface area contributed by atoms with E-state index >= 15 is 0 Å². The molecule has 0 amide bonds. The lowest BCUT2D eigenvalue weighted by molar-refractivity contribution is -0.129. The standard InChI is InChI=1S/C10H10O2.ClH/c1-3-10(11)12-9-7-5-4-6-8(9)2;/h3-7H,1H2,2H3;1H. The zero-order valence-electron chi connectivity index (χ0n) is 7.32. The predicted molar refractivity (Wildman–Crippen MR) is 54.3 cm³/mol. The van der Waals surface area contributed by atoms with Crippen molar-refractivity contribution in [1.82, 2.24) is 0 Å². The van der Waals surface area contributed by atoms with Crippen LogP contribution in [0.5, 0.6) is 5.75 Å². The molecule has 0 aliphatic heterocycles. The Bertz CT molecular complexity index is 308. The maximum absolute atomic E-state index is 10.8. The smallest absolute Gasteiger partial charge is 0.335 e. The van der Waals surface area contributed by atoms with Crippen LogP contribution in [0, 0.1) is 6.92 Å². The second kappa shape index (κ2) is 5.38. The van der Waals surface area contributed by atoms with E-state index in [9.17, 15) is 4.79 Å². The summed E-state index contributed by atoms with van der Waals surface area (Å²) >= 11 is 0. The molecule has 0 atom stereocenters. The van der Waals surface area contributed by atoms with E-state index in [1.807, 2.05) is 25.1 Å². The maximum atomic E-state index is 10.8. The monoisotopic (exact) mass is 198 g/mol. The van der Waals surface area contributed by atoms with Crippen LogP contribution in [-0.4, -0.2) is 5.97 Å². The molecule has 0 saturated carbocycles. The minimum absolute atomic E-state index is 0. The third-order valence-corrected chi connectivity index (χ3v) is 1.47. The highest BCUT2D eigenvalue weighted by Gasteiger charge is 2.00. The molecule has 1 aromatic carbocycles. The van der Waals surface area contributed by atoms with Crippen LogP contribution in [0.4, 0.5) is 0 Å². The Morgan fingerprint density at radius 1 is 1.46 bits per heavy atom. The van der Waals surface area contributed by atoms with Crippen molar-refractivity contribution in [2.24, 2.45) is 0 Å². The van der Waals surface area contributed by atoms with Crippen molar-refractivity contribution in [3.8, 4) is 5.75 Å². The highest BCUT2D eigenvalue weighted by molar-refractivity contribution is 5.85. The van der Waals surface area contributed by atoms with Gasteiger partial charge in [-0.25, -0.2) is 4.79 Å². The van der Waals surface area contributed by atoms with Crippen LogP contribution in [0.1, 0.15) is 5.56 Å². The minimum Gasteiger partial charge on any atom is -0.423 e. The van der Waals surface area contributed by atoms with Crippen LogP contribution in [0.25, 0.3) is 0 Å². The summed E-state index contributed by atoms with van der Waals surface area (Å²) in [6, 6.07) is 7.34. The van der Waals surface area contributed by atoms with Gasteiger partial charge < -0.3 is 4.74 Å². The molecule has 0 bridgehead atoms. The van der Waals surface area contributed by atoms with Crippen LogP contribution in [0.2, 0.25) is 0 Å². The second-order valence-electron chi connectivity index (χ2n) is 2.39. The third kappa shape index (κ3) is 3.30. The molecule has 0 radical (unpaired) electrons. The van der Waals surface area contributed by atoms with Crippen LogP contribution in [-0.2, 0) is 4.79 Å². The van der Waals surface area contributed by atoms with E-state index in [0.717, 1.165) is 11.6 Å². The first-order valence-corrected chi connectivity index (χ1v) is 3.64. The van der Waals surface area contributed by atoms with E-state index in [-0.39, 0.29) is 12.4 Å². The summed E-state index contributed by atoms with van der Waals surface area (Å²) in [5, 5.41) is 0. The number of benzene rings is 1. The van der Waals surface area contributed by atoms with Crippen LogP contribution >= 0.6 is 12.4 Å². The van der Waals surface area contributed by atoms with Crippen molar-refractivity contribution in [2.75, 3.05) is 0 Å². The molecule has 0 heterocycles. The fourth-order valence-electron chi connectivity index (χ4n) is 0.821. The number of ether oxygens (including phenoxy) is 1. The molecule has 0 N–H and O–H groups in total. The summed E-state index contributed by atoms with van der Waals surface area (Å²) in [6.45, 7) is 5.19. The lowest BCUT2D eigenvalue weighted by atomic mass is 10.2. The number of hydrogen-bond donors (Lipinski definition) is 0. The fourth-order valence-corrected chi connectivity index (χ4v) is 0.821. The molecule has 0 aromatic heterocycles. The Balaban J connectivity index is 0.00000144. The van der Waals surface area contributed by atoms with Gasteiger partial charge in [0.2, 0.25) is 0 Å². The summed E-state index contributed by atoms with van der Waals surface area (Å²) in [7, 11) is 0. The van der Waals surface area contributed by atoms with E-state index in [4.69, 9.17) is 4.74 Å². The Morgan fingerprint density at radius 2 is 2.08 bits per heavy atom. The zero-order valence-corrected chi connectivity index (χ0v) is 8.14. The number of para-hydroxylation sites is 1. The molecule has 0 saturated heterocycles. The number of hydrogen-bond acceptors (Lipinski definition) is 2. The molecule has 0 spiro atoms. The average Bonchev–Trinajstić information content (AvgIpc) is 2.09. The number of aryl methyl sites for hydroxylation is 1. The molecule has 1 rings (SSSR count). The van der Waals surface area contributed by atoms with Crippen molar-refractivity contribution in [3.63, 3.8) is 0 Å². The number of carbonyl (C=O) groups is 1. The van der Waals surface area contributed by atoms with Gasteiger partial charge in [0, 0.05) is 6.08 Å². The van der Waals surface area contributed by atoms with Gasteiger partial charge >= 0.3 is 5.97 Å². The summed E-state index contributed by atoms with van der Waals surface area (Å²) < 4.78 is 4.94. The molecule has 0 fully saturated rings. The molecule has 13 heavy (non-hydrogen) atoms. The van der Waals surface area contributed by atoms with Crippen molar-refractivity contribution >= 4 is 18.4 Å². The first-order chi connectivity index (χ1) is 5.74. The number of halogens is 1.